The van der Waals surface area contributed by atoms with Gasteiger partial charge in [0.15, 0.2) is 0 Å². The molecule has 0 amide bonds. The van der Waals surface area contributed by atoms with Crippen molar-refractivity contribution in [3.63, 3.8) is 0 Å². The lowest BCUT2D eigenvalue weighted by molar-refractivity contribution is 0.395. The Bertz CT molecular complexity index is 560. The number of nitrogens with one attached hydrogen (secondary N) is 1. The molecular weight excluding hydrogens is 240 g/mol. The molecule has 2 aromatic rings. The van der Waals surface area contributed by atoms with Crippen molar-refractivity contribution in [2.75, 3.05) is 25.3 Å². The first-order valence-electron chi connectivity index (χ1n) is 5.98. The molecule has 2 rings (SSSR count). The molecule has 0 fully saturated rings. The second-order valence-corrected chi connectivity index (χ2v) is 4.30. The molecule has 3 N–H and O–H groups in total. The maximum absolute atomic E-state index is 5.90. The molecule has 0 aliphatic rings. The number of nitrogens with two attached hydrogens (primary N) is 1. The number of rotatable bonds is 4. The van der Waals surface area contributed by atoms with Gasteiger partial charge in [-0.3, -0.25) is 0 Å². The summed E-state index contributed by atoms with van der Waals surface area (Å²) in [4.78, 5) is 0. The van der Waals surface area contributed by atoms with Crippen molar-refractivity contribution in [2.45, 2.75) is 6.92 Å². The summed E-state index contributed by atoms with van der Waals surface area (Å²) in [6.45, 7) is 1.98. The Balaban J connectivity index is 2.29. The zero-order valence-corrected chi connectivity index (χ0v) is 11.4. The largest absolute Gasteiger partial charge is 0.497 e. The van der Waals surface area contributed by atoms with Crippen LogP contribution in [-0.4, -0.2) is 14.2 Å². The molecule has 0 aliphatic heterocycles. The van der Waals surface area contributed by atoms with Crippen LogP contribution in [0, 0.1) is 6.92 Å². The van der Waals surface area contributed by atoms with Gasteiger partial charge in [0.05, 0.1) is 14.2 Å². The molecule has 100 valence electrons. The number of ether oxygens (including phenoxy) is 2. The lowest BCUT2D eigenvalue weighted by Gasteiger charge is -2.11. The van der Waals surface area contributed by atoms with Crippen LogP contribution in [0.2, 0.25) is 0 Å². The molecule has 0 bridgehead atoms. The molecular formula is C15H18N2O2. The minimum atomic E-state index is 0.738. The third-order valence-corrected chi connectivity index (χ3v) is 2.92. The number of nitrogen functional groups attached to an aromatic ring is 1. The molecule has 0 spiro atoms. The number of hydrogen-bond acceptors (Lipinski definition) is 4. The first-order chi connectivity index (χ1) is 9.12. The van der Waals surface area contributed by atoms with Gasteiger partial charge >= 0.3 is 0 Å². The van der Waals surface area contributed by atoms with E-state index in [1.807, 2.05) is 43.3 Å². The average molecular weight is 258 g/mol. The monoisotopic (exact) mass is 258 g/mol. The lowest BCUT2D eigenvalue weighted by atomic mass is 10.2. The Morgan fingerprint density at radius 1 is 0.895 bits per heavy atom. The Morgan fingerprint density at radius 2 is 1.53 bits per heavy atom. The zero-order valence-electron chi connectivity index (χ0n) is 11.4. The number of benzene rings is 2. The minimum absolute atomic E-state index is 0.738. The van der Waals surface area contributed by atoms with E-state index in [-0.39, 0.29) is 0 Å². The van der Waals surface area contributed by atoms with Crippen LogP contribution in [-0.2, 0) is 0 Å². The van der Waals surface area contributed by atoms with Gasteiger partial charge in [-0.15, -0.1) is 0 Å². The van der Waals surface area contributed by atoms with Gasteiger partial charge in [-0.25, -0.2) is 0 Å². The third-order valence-electron chi connectivity index (χ3n) is 2.92. The fourth-order valence-electron chi connectivity index (χ4n) is 1.76. The van der Waals surface area contributed by atoms with Gasteiger partial charge in [0.2, 0.25) is 0 Å². The van der Waals surface area contributed by atoms with Gasteiger partial charge in [0, 0.05) is 35.3 Å². The molecule has 19 heavy (non-hydrogen) atoms. The van der Waals surface area contributed by atoms with Crippen molar-refractivity contribution < 1.29 is 9.47 Å². The van der Waals surface area contributed by atoms with Crippen LogP contribution in [0.25, 0.3) is 0 Å². The molecule has 4 heteroatoms. The van der Waals surface area contributed by atoms with Gasteiger partial charge < -0.3 is 20.5 Å². The SMILES string of the molecule is COc1cc(Nc2ccc(C)c(N)c2)cc(OC)c1. The Morgan fingerprint density at radius 3 is 2.05 bits per heavy atom. The molecule has 0 saturated heterocycles. The summed E-state index contributed by atoms with van der Waals surface area (Å²) in [5.74, 6) is 1.48. The summed E-state index contributed by atoms with van der Waals surface area (Å²) < 4.78 is 10.5. The van der Waals surface area contributed by atoms with Crippen LogP contribution in [0.3, 0.4) is 0 Å². The van der Waals surface area contributed by atoms with Crippen LogP contribution in [0.1, 0.15) is 5.56 Å². The van der Waals surface area contributed by atoms with E-state index in [1.54, 1.807) is 14.2 Å². The smallest absolute Gasteiger partial charge is 0.124 e. The standard InChI is InChI=1S/C15H18N2O2/c1-10-4-5-11(8-15(10)16)17-12-6-13(18-2)9-14(7-12)19-3/h4-9,17H,16H2,1-3H3. The summed E-state index contributed by atoms with van der Waals surface area (Å²) in [6.07, 6.45) is 0. The molecule has 0 heterocycles. The summed E-state index contributed by atoms with van der Waals surface area (Å²) in [5, 5.41) is 3.28. The van der Waals surface area contributed by atoms with Crippen LogP contribution in [0.4, 0.5) is 17.1 Å². The predicted molar refractivity (Wildman–Crippen MR) is 78.4 cm³/mol. The summed E-state index contributed by atoms with van der Waals surface area (Å²) in [6, 6.07) is 11.5. The second-order valence-electron chi connectivity index (χ2n) is 4.30. The number of anilines is 3. The normalized spacial score (nSPS) is 10.1. The molecule has 0 aromatic heterocycles. The highest BCUT2D eigenvalue weighted by molar-refractivity contribution is 5.67. The predicted octanol–water partition coefficient (Wildman–Crippen LogP) is 3.34. The zero-order chi connectivity index (χ0) is 13.8. The Hall–Kier alpha value is -2.36. The van der Waals surface area contributed by atoms with E-state index in [0.29, 0.717) is 0 Å². The highest BCUT2D eigenvalue weighted by Gasteiger charge is 2.03. The number of aryl methyl sites for hydroxylation is 1. The van der Waals surface area contributed by atoms with E-state index in [0.717, 1.165) is 34.1 Å². The van der Waals surface area contributed by atoms with E-state index >= 15 is 0 Å². The first kappa shape index (κ1) is 13.1. The van der Waals surface area contributed by atoms with Crippen molar-refractivity contribution in [1.29, 1.82) is 0 Å². The van der Waals surface area contributed by atoms with Crippen molar-refractivity contribution in [3.8, 4) is 11.5 Å². The minimum Gasteiger partial charge on any atom is -0.497 e. The van der Waals surface area contributed by atoms with Gasteiger partial charge in [-0.2, -0.15) is 0 Å². The van der Waals surface area contributed by atoms with Crippen molar-refractivity contribution in [3.05, 3.63) is 42.0 Å². The van der Waals surface area contributed by atoms with Crippen LogP contribution >= 0.6 is 0 Å². The molecule has 0 aliphatic carbocycles. The van der Waals surface area contributed by atoms with Gasteiger partial charge in [0.1, 0.15) is 11.5 Å². The Kier molecular flexibility index (Phi) is 3.80. The van der Waals surface area contributed by atoms with Crippen molar-refractivity contribution in [2.24, 2.45) is 0 Å². The van der Waals surface area contributed by atoms with E-state index in [9.17, 15) is 0 Å². The number of hydrogen-bond donors (Lipinski definition) is 2. The average Bonchev–Trinajstić information content (AvgIpc) is 2.42. The molecule has 0 unspecified atom stereocenters. The highest BCUT2D eigenvalue weighted by Crippen LogP contribution is 2.28. The van der Waals surface area contributed by atoms with E-state index in [4.69, 9.17) is 15.2 Å². The fraction of sp³-hybridized carbons (Fsp3) is 0.200. The quantitative estimate of drug-likeness (QED) is 0.826. The van der Waals surface area contributed by atoms with Gasteiger partial charge in [-0.1, -0.05) is 6.07 Å². The summed E-state index contributed by atoms with van der Waals surface area (Å²) >= 11 is 0. The fourth-order valence-corrected chi connectivity index (χ4v) is 1.76. The van der Waals surface area contributed by atoms with Gasteiger partial charge in [0.25, 0.3) is 0 Å². The third kappa shape index (κ3) is 3.10. The highest BCUT2D eigenvalue weighted by atomic mass is 16.5. The molecule has 0 radical (unpaired) electrons. The molecule has 0 atom stereocenters. The molecule has 0 saturated carbocycles. The van der Waals surface area contributed by atoms with Crippen LogP contribution in [0.5, 0.6) is 11.5 Å². The Labute approximate surface area is 113 Å². The maximum atomic E-state index is 5.90. The van der Waals surface area contributed by atoms with E-state index < -0.39 is 0 Å². The first-order valence-corrected chi connectivity index (χ1v) is 5.98. The van der Waals surface area contributed by atoms with E-state index in [1.165, 1.54) is 0 Å². The number of methoxy groups -OCH3 is 2. The molecule has 2 aromatic carbocycles. The van der Waals surface area contributed by atoms with E-state index in [2.05, 4.69) is 5.32 Å². The van der Waals surface area contributed by atoms with Gasteiger partial charge in [-0.05, 0) is 24.6 Å². The second kappa shape index (κ2) is 5.52. The molecule has 4 nitrogen and oxygen atoms in total. The van der Waals surface area contributed by atoms with Crippen LogP contribution in [0.15, 0.2) is 36.4 Å². The van der Waals surface area contributed by atoms with Crippen molar-refractivity contribution in [1.82, 2.24) is 0 Å². The lowest BCUT2D eigenvalue weighted by Crippen LogP contribution is -1.96. The topological polar surface area (TPSA) is 56.5 Å². The summed E-state index contributed by atoms with van der Waals surface area (Å²) in [5.41, 5.74) is 9.54. The summed E-state index contributed by atoms with van der Waals surface area (Å²) in [7, 11) is 3.25. The van der Waals surface area contributed by atoms with Crippen molar-refractivity contribution >= 4 is 17.1 Å². The van der Waals surface area contributed by atoms with Crippen LogP contribution < -0.4 is 20.5 Å². The maximum Gasteiger partial charge on any atom is 0.124 e.